The van der Waals surface area contributed by atoms with Gasteiger partial charge in [-0.2, -0.15) is 5.06 Å². The fourth-order valence-corrected chi connectivity index (χ4v) is 5.76. The molecule has 0 aliphatic heterocycles. The van der Waals surface area contributed by atoms with Gasteiger partial charge in [-0.15, -0.1) is 0 Å². The summed E-state index contributed by atoms with van der Waals surface area (Å²) in [5.41, 5.74) is 0.135. The summed E-state index contributed by atoms with van der Waals surface area (Å²) in [7, 11) is 2.03. The van der Waals surface area contributed by atoms with Gasteiger partial charge in [-0.1, -0.05) is 59.8 Å². The number of hydrogen-bond donors (Lipinski definition) is 0. The van der Waals surface area contributed by atoms with E-state index in [1.165, 1.54) is 64.2 Å². The van der Waals surface area contributed by atoms with Gasteiger partial charge in [0.15, 0.2) is 0 Å². The van der Waals surface area contributed by atoms with Gasteiger partial charge in [-0.05, 0) is 75.5 Å². The van der Waals surface area contributed by atoms with Gasteiger partial charge in [-0.25, -0.2) is 0 Å². The van der Waals surface area contributed by atoms with Crippen molar-refractivity contribution in [3.8, 4) is 0 Å². The van der Waals surface area contributed by atoms with Gasteiger partial charge in [0.25, 0.3) is 0 Å². The number of likely N-dealkylation sites (N-methyl/N-ethyl adjacent to an activating group) is 1. The Balaban J connectivity index is 1.61. The quantitative estimate of drug-likeness (QED) is 0.230. The molecule has 2 atom stereocenters. The van der Waals surface area contributed by atoms with Crippen molar-refractivity contribution < 1.29 is 14.3 Å². The van der Waals surface area contributed by atoms with Gasteiger partial charge in [0.2, 0.25) is 0 Å². The van der Waals surface area contributed by atoms with E-state index >= 15 is 0 Å². The molecule has 32 heavy (non-hydrogen) atoms. The number of hydrogen-bond acceptors (Lipinski definition) is 4. The van der Waals surface area contributed by atoms with Crippen molar-refractivity contribution in [3.63, 3.8) is 0 Å². The molecule has 4 heteroatoms. The van der Waals surface area contributed by atoms with Crippen molar-refractivity contribution in [3.05, 3.63) is 0 Å². The first-order valence-electron chi connectivity index (χ1n) is 13.8. The molecule has 0 aromatic heterocycles. The van der Waals surface area contributed by atoms with Gasteiger partial charge in [0.1, 0.15) is 0 Å². The molecule has 0 spiro atoms. The van der Waals surface area contributed by atoms with Crippen LogP contribution in [0.3, 0.4) is 0 Å². The highest BCUT2D eigenvalue weighted by Gasteiger charge is 2.38. The van der Waals surface area contributed by atoms with E-state index in [2.05, 4.69) is 41.5 Å². The van der Waals surface area contributed by atoms with E-state index in [4.69, 9.17) is 14.3 Å². The molecule has 0 saturated heterocycles. The van der Waals surface area contributed by atoms with Gasteiger partial charge in [0.05, 0.1) is 24.9 Å². The molecule has 0 heterocycles. The van der Waals surface area contributed by atoms with E-state index in [9.17, 15) is 0 Å². The number of nitrogens with zero attached hydrogens (tertiary/aromatic N) is 1. The van der Waals surface area contributed by atoms with Crippen molar-refractivity contribution >= 4 is 0 Å². The second-order valence-corrected chi connectivity index (χ2v) is 11.8. The van der Waals surface area contributed by atoms with Crippen LogP contribution >= 0.6 is 0 Å². The predicted octanol–water partition coefficient (Wildman–Crippen LogP) is 7.26. The monoisotopic (exact) mass is 453 g/mol. The van der Waals surface area contributed by atoms with Crippen LogP contribution in [0.15, 0.2) is 0 Å². The lowest BCUT2D eigenvalue weighted by Gasteiger charge is -2.43. The van der Waals surface area contributed by atoms with Gasteiger partial charge in [-0.3, -0.25) is 4.84 Å². The van der Waals surface area contributed by atoms with Gasteiger partial charge >= 0.3 is 0 Å². The number of ether oxygens (including phenoxy) is 2. The maximum atomic E-state index is 6.32. The van der Waals surface area contributed by atoms with E-state index in [0.29, 0.717) is 18.6 Å². The predicted molar refractivity (Wildman–Crippen MR) is 135 cm³/mol. The average molecular weight is 454 g/mol. The van der Waals surface area contributed by atoms with Crippen LogP contribution in [-0.2, 0) is 14.3 Å². The molecular weight excluding hydrogens is 398 g/mol. The third-order valence-corrected chi connectivity index (χ3v) is 8.38. The summed E-state index contributed by atoms with van der Waals surface area (Å²) < 4.78 is 12.5. The maximum absolute atomic E-state index is 6.32. The molecule has 2 fully saturated rings. The molecule has 0 aromatic carbocycles. The van der Waals surface area contributed by atoms with Crippen LogP contribution < -0.4 is 0 Å². The molecule has 0 radical (unpaired) electrons. The highest BCUT2D eigenvalue weighted by atomic mass is 16.7. The van der Waals surface area contributed by atoms with Crippen molar-refractivity contribution in [2.75, 3.05) is 33.4 Å². The van der Waals surface area contributed by atoms with Gasteiger partial charge < -0.3 is 9.47 Å². The maximum Gasteiger partial charge on any atom is 0.0741 e. The van der Waals surface area contributed by atoms with Crippen LogP contribution in [0.5, 0.6) is 0 Å². The zero-order valence-electron chi connectivity index (χ0n) is 22.6. The first-order chi connectivity index (χ1) is 15.2. The third-order valence-electron chi connectivity index (χ3n) is 8.38. The van der Waals surface area contributed by atoms with Crippen LogP contribution in [0.25, 0.3) is 0 Å². The Labute approximate surface area is 200 Å². The fourth-order valence-electron chi connectivity index (χ4n) is 5.76. The highest BCUT2D eigenvalue weighted by Crippen LogP contribution is 2.43. The summed E-state index contributed by atoms with van der Waals surface area (Å²) in [6, 6.07) is 0. The van der Waals surface area contributed by atoms with E-state index in [-0.39, 0.29) is 11.0 Å². The molecule has 0 bridgehead atoms. The first-order valence-corrected chi connectivity index (χ1v) is 13.8. The molecule has 2 aliphatic rings. The minimum absolute atomic E-state index is 0.154. The number of hydroxylamine groups is 2. The Bertz CT molecular complexity index is 497. The second kappa shape index (κ2) is 13.7. The summed E-state index contributed by atoms with van der Waals surface area (Å²) >= 11 is 0. The van der Waals surface area contributed by atoms with Crippen LogP contribution in [-0.4, -0.2) is 50.2 Å². The first kappa shape index (κ1) is 28.1. The molecule has 0 aromatic rings. The summed E-state index contributed by atoms with van der Waals surface area (Å²) in [6.45, 7) is 16.7. The lowest BCUT2D eigenvalue weighted by atomic mass is 9.68. The number of rotatable bonds is 16. The lowest BCUT2D eigenvalue weighted by molar-refractivity contribution is -0.184. The second-order valence-electron chi connectivity index (χ2n) is 11.8. The van der Waals surface area contributed by atoms with Crippen molar-refractivity contribution in [1.82, 2.24) is 5.06 Å². The topological polar surface area (TPSA) is 30.9 Å². The zero-order valence-corrected chi connectivity index (χ0v) is 22.6. The van der Waals surface area contributed by atoms with E-state index in [1.54, 1.807) is 0 Å². The Hall–Kier alpha value is -0.160. The minimum atomic E-state index is -0.154. The lowest BCUT2D eigenvalue weighted by Crippen LogP contribution is -2.41. The Morgan fingerprint density at radius 2 is 1.62 bits per heavy atom. The Morgan fingerprint density at radius 1 is 0.938 bits per heavy atom. The van der Waals surface area contributed by atoms with Crippen LogP contribution in [0.4, 0.5) is 0 Å². The molecule has 0 amide bonds. The van der Waals surface area contributed by atoms with Crippen LogP contribution in [0, 0.1) is 23.2 Å². The van der Waals surface area contributed by atoms with E-state index in [1.807, 2.05) is 12.1 Å². The molecule has 2 aliphatic carbocycles. The standard InChI is InChI=1S/C28H55NO3/c1-8-28(9-2,21-23(3)4)22-32-29(7)18-20-31-27(5,6)17-19-30-26-16-15-25(26)24-13-11-10-12-14-24/h23-26H,8-22H2,1-7H3. The SMILES string of the molecule is CCC(CC)(CON(C)CCOC(C)(C)CCOC1CCC1C1CCCCC1)CC(C)C. The van der Waals surface area contributed by atoms with E-state index in [0.717, 1.165) is 38.0 Å². The molecule has 2 saturated carbocycles. The van der Waals surface area contributed by atoms with Crippen LogP contribution in [0.2, 0.25) is 0 Å². The summed E-state index contributed by atoms with van der Waals surface area (Å²) in [5.74, 6) is 2.47. The third kappa shape index (κ3) is 9.24. The van der Waals surface area contributed by atoms with Crippen molar-refractivity contribution in [2.24, 2.45) is 23.2 Å². The summed E-state index contributed by atoms with van der Waals surface area (Å²) in [4.78, 5) is 6.14. The molecular formula is C28H55NO3. The van der Waals surface area contributed by atoms with Crippen molar-refractivity contribution in [1.29, 1.82) is 0 Å². The normalized spacial score (nSPS) is 23.2. The molecule has 190 valence electrons. The molecule has 2 rings (SSSR count). The smallest absolute Gasteiger partial charge is 0.0741 e. The Morgan fingerprint density at radius 3 is 2.19 bits per heavy atom. The van der Waals surface area contributed by atoms with Crippen molar-refractivity contribution in [2.45, 2.75) is 124 Å². The highest BCUT2D eigenvalue weighted by molar-refractivity contribution is 4.88. The van der Waals surface area contributed by atoms with Gasteiger partial charge in [0, 0.05) is 20.2 Å². The molecule has 0 N–H and O–H groups in total. The molecule has 4 nitrogen and oxygen atoms in total. The molecule has 2 unspecified atom stereocenters. The fraction of sp³-hybridized carbons (Fsp3) is 1.00. The summed E-state index contributed by atoms with van der Waals surface area (Å²) in [5, 5.41) is 1.97. The average Bonchev–Trinajstić information content (AvgIpc) is 2.74. The minimum Gasteiger partial charge on any atom is -0.378 e. The zero-order chi connectivity index (χ0) is 23.6. The van der Waals surface area contributed by atoms with E-state index < -0.39 is 0 Å². The Kier molecular flexibility index (Phi) is 12.0. The summed E-state index contributed by atoms with van der Waals surface area (Å²) in [6.07, 6.45) is 14.8. The largest absolute Gasteiger partial charge is 0.378 e. The van der Waals surface area contributed by atoms with Crippen LogP contribution in [0.1, 0.15) is 112 Å².